The van der Waals surface area contributed by atoms with E-state index in [1.54, 1.807) is 7.11 Å². The number of rotatable bonds is 4. The molecule has 0 spiro atoms. The smallest absolute Gasteiger partial charge is 0.276 e. The Kier molecular flexibility index (Phi) is 4.28. The molecular weight excluding hydrogens is 356 g/mol. The number of benzene rings is 2. The van der Waals surface area contributed by atoms with Gasteiger partial charge in [0.1, 0.15) is 17.6 Å². The molecular formula is C22H22N2O4. The van der Waals surface area contributed by atoms with E-state index in [0.29, 0.717) is 31.3 Å². The van der Waals surface area contributed by atoms with E-state index in [4.69, 9.17) is 13.9 Å². The lowest BCUT2D eigenvalue weighted by Crippen LogP contribution is -2.42. The Morgan fingerprint density at radius 3 is 2.82 bits per heavy atom. The molecule has 1 atom stereocenters. The number of fused-ring (bicyclic) bond motifs is 1. The summed E-state index contributed by atoms with van der Waals surface area (Å²) >= 11 is 0. The molecule has 1 saturated heterocycles. The Balaban J connectivity index is 1.37. The number of carbonyl (C=O) groups excluding carboxylic acids is 1. The van der Waals surface area contributed by atoms with E-state index < -0.39 is 0 Å². The number of hydrogen-bond donors (Lipinski definition) is 0. The molecule has 2 aliphatic rings. The Labute approximate surface area is 163 Å². The van der Waals surface area contributed by atoms with E-state index in [2.05, 4.69) is 23.2 Å². The van der Waals surface area contributed by atoms with Crippen molar-refractivity contribution in [3.8, 4) is 5.75 Å². The van der Waals surface area contributed by atoms with Crippen molar-refractivity contribution in [2.75, 3.05) is 26.8 Å². The summed E-state index contributed by atoms with van der Waals surface area (Å²) in [6.07, 6.45) is 3.38. The number of nitrogens with zero attached hydrogens (tertiary/aromatic N) is 2. The van der Waals surface area contributed by atoms with Gasteiger partial charge < -0.3 is 18.8 Å². The number of aromatic nitrogens is 1. The number of oxazole rings is 1. The molecule has 6 heteroatoms. The maximum Gasteiger partial charge on any atom is 0.276 e. The molecule has 2 aromatic carbocycles. The van der Waals surface area contributed by atoms with Crippen LogP contribution in [-0.4, -0.2) is 42.6 Å². The van der Waals surface area contributed by atoms with Gasteiger partial charge in [-0.2, -0.15) is 0 Å². The van der Waals surface area contributed by atoms with Gasteiger partial charge in [-0.25, -0.2) is 4.98 Å². The molecule has 0 N–H and O–H groups in total. The molecule has 6 nitrogen and oxygen atoms in total. The van der Waals surface area contributed by atoms with Gasteiger partial charge in [0, 0.05) is 12.5 Å². The number of methoxy groups -OCH3 is 1. The fourth-order valence-electron chi connectivity index (χ4n) is 3.81. The van der Waals surface area contributed by atoms with Gasteiger partial charge in [0.15, 0.2) is 12.1 Å². The zero-order chi connectivity index (χ0) is 19.1. The molecule has 1 amide bonds. The Bertz CT molecular complexity index is 1020. The van der Waals surface area contributed by atoms with E-state index in [1.165, 1.54) is 6.39 Å². The Morgan fingerprint density at radius 2 is 2.00 bits per heavy atom. The summed E-state index contributed by atoms with van der Waals surface area (Å²) < 4.78 is 16.8. The highest BCUT2D eigenvalue weighted by Crippen LogP contribution is 2.41. The molecule has 1 aliphatic heterocycles. The van der Waals surface area contributed by atoms with Gasteiger partial charge in [-0.05, 0) is 47.4 Å². The van der Waals surface area contributed by atoms with Crippen LogP contribution in [0.4, 0.5) is 0 Å². The molecule has 2 fully saturated rings. The second kappa shape index (κ2) is 6.95. The second-order valence-electron chi connectivity index (χ2n) is 7.42. The van der Waals surface area contributed by atoms with Gasteiger partial charge in [-0.3, -0.25) is 4.79 Å². The predicted molar refractivity (Wildman–Crippen MR) is 104 cm³/mol. The minimum Gasteiger partial charge on any atom is -0.497 e. The quantitative estimate of drug-likeness (QED) is 0.688. The first-order valence-electron chi connectivity index (χ1n) is 9.65. The van der Waals surface area contributed by atoms with Crippen molar-refractivity contribution in [2.45, 2.75) is 24.9 Å². The van der Waals surface area contributed by atoms with Crippen LogP contribution in [-0.2, 0) is 4.74 Å². The average molecular weight is 378 g/mol. The van der Waals surface area contributed by atoms with Crippen molar-refractivity contribution >= 4 is 16.7 Å². The van der Waals surface area contributed by atoms with E-state index in [9.17, 15) is 4.79 Å². The summed E-state index contributed by atoms with van der Waals surface area (Å²) in [6, 6.07) is 12.3. The van der Waals surface area contributed by atoms with Gasteiger partial charge in [-0.1, -0.05) is 18.2 Å². The molecule has 144 valence electrons. The number of hydrogen-bond acceptors (Lipinski definition) is 5. The van der Waals surface area contributed by atoms with Crippen LogP contribution in [0.2, 0.25) is 0 Å². The van der Waals surface area contributed by atoms with Gasteiger partial charge in [-0.15, -0.1) is 0 Å². The van der Waals surface area contributed by atoms with Crippen LogP contribution < -0.4 is 4.74 Å². The van der Waals surface area contributed by atoms with E-state index in [-0.39, 0.29) is 12.0 Å². The first-order chi connectivity index (χ1) is 13.7. The van der Waals surface area contributed by atoms with Gasteiger partial charge in [0.25, 0.3) is 5.91 Å². The lowest BCUT2D eigenvalue weighted by atomic mass is 10.0. The summed E-state index contributed by atoms with van der Waals surface area (Å²) in [4.78, 5) is 19.0. The zero-order valence-electron chi connectivity index (χ0n) is 15.8. The highest BCUT2D eigenvalue weighted by Gasteiger charge is 2.35. The molecule has 1 saturated carbocycles. The number of morpholine rings is 1. The Morgan fingerprint density at radius 1 is 1.18 bits per heavy atom. The van der Waals surface area contributed by atoms with Crippen molar-refractivity contribution in [3.05, 3.63) is 59.8 Å². The van der Waals surface area contributed by atoms with E-state index >= 15 is 0 Å². The lowest BCUT2D eigenvalue weighted by molar-refractivity contribution is -0.0230. The van der Waals surface area contributed by atoms with Crippen LogP contribution >= 0.6 is 0 Å². The molecule has 28 heavy (non-hydrogen) atoms. The molecule has 2 heterocycles. The van der Waals surface area contributed by atoms with E-state index in [1.807, 2.05) is 23.1 Å². The lowest BCUT2D eigenvalue weighted by Gasteiger charge is -2.33. The first-order valence-corrected chi connectivity index (χ1v) is 9.65. The van der Waals surface area contributed by atoms with Gasteiger partial charge in [0.05, 0.1) is 20.3 Å². The summed E-state index contributed by atoms with van der Waals surface area (Å²) in [6.45, 7) is 1.59. The van der Waals surface area contributed by atoms with Crippen LogP contribution in [0.15, 0.2) is 47.2 Å². The summed E-state index contributed by atoms with van der Waals surface area (Å²) in [5.74, 6) is 1.88. The van der Waals surface area contributed by atoms with Crippen molar-refractivity contribution < 1.29 is 18.7 Å². The van der Waals surface area contributed by atoms with E-state index in [0.717, 1.165) is 40.7 Å². The predicted octanol–water partition coefficient (Wildman–Crippen LogP) is 3.93. The third-order valence-corrected chi connectivity index (χ3v) is 5.54. The summed E-state index contributed by atoms with van der Waals surface area (Å²) in [5, 5.41) is 2.24. The van der Waals surface area contributed by atoms with Crippen LogP contribution in [0.1, 0.15) is 46.7 Å². The average Bonchev–Trinajstić information content (AvgIpc) is 3.48. The highest BCUT2D eigenvalue weighted by molar-refractivity contribution is 5.93. The first kappa shape index (κ1) is 17.3. The number of amides is 1. The topological polar surface area (TPSA) is 64.8 Å². The number of carbonyl (C=O) groups is 1. The van der Waals surface area contributed by atoms with Gasteiger partial charge >= 0.3 is 0 Å². The largest absolute Gasteiger partial charge is 0.497 e. The summed E-state index contributed by atoms with van der Waals surface area (Å²) in [5.41, 5.74) is 1.53. The molecule has 5 rings (SSSR count). The van der Waals surface area contributed by atoms with Crippen molar-refractivity contribution in [1.29, 1.82) is 0 Å². The van der Waals surface area contributed by atoms with Crippen molar-refractivity contribution in [2.24, 2.45) is 0 Å². The zero-order valence-corrected chi connectivity index (χ0v) is 15.8. The van der Waals surface area contributed by atoms with Crippen molar-refractivity contribution in [1.82, 2.24) is 9.88 Å². The monoisotopic (exact) mass is 378 g/mol. The third kappa shape index (κ3) is 3.14. The SMILES string of the molecule is COc1ccc2cc([C@@H]3CN(C(=O)c4ncoc4C4CC4)CCO3)ccc2c1. The number of ether oxygens (including phenoxy) is 2. The standard InChI is InChI=1S/C22H22N2O4/c1-26-18-7-6-15-10-17(5-4-16(15)11-18)19-12-24(8-9-27-19)22(25)20-21(14-2-3-14)28-13-23-20/h4-7,10-11,13-14,19H,2-3,8-9,12H2,1H3/t19-/m0/s1. The maximum atomic E-state index is 13.0. The highest BCUT2D eigenvalue weighted by atomic mass is 16.5. The molecule has 3 aromatic rings. The minimum atomic E-state index is -0.152. The van der Waals surface area contributed by atoms with Crippen LogP contribution in [0.25, 0.3) is 10.8 Å². The van der Waals surface area contributed by atoms with Crippen LogP contribution in [0, 0.1) is 0 Å². The Hall–Kier alpha value is -2.86. The minimum absolute atomic E-state index is 0.0607. The summed E-state index contributed by atoms with van der Waals surface area (Å²) in [7, 11) is 1.67. The molecule has 1 aliphatic carbocycles. The fourth-order valence-corrected chi connectivity index (χ4v) is 3.81. The molecule has 0 unspecified atom stereocenters. The normalized spacial score (nSPS) is 19.8. The van der Waals surface area contributed by atoms with Gasteiger partial charge in [0.2, 0.25) is 0 Å². The fraction of sp³-hybridized carbons (Fsp3) is 0.364. The molecule has 1 aromatic heterocycles. The van der Waals surface area contributed by atoms with Crippen molar-refractivity contribution in [3.63, 3.8) is 0 Å². The third-order valence-electron chi connectivity index (χ3n) is 5.54. The second-order valence-corrected chi connectivity index (χ2v) is 7.42. The molecule has 0 bridgehead atoms. The molecule has 0 radical (unpaired) electrons. The van der Waals surface area contributed by atoms with Crippen LogP contribution in [0.5, 0.6) is 5.75 Å². The van der Waals surface area contributed by atoms with Crippen LogP contribution in [0.3, 0.4) is 0 Å². The maximum absolute atomic E-state index is 13.0.